The number of halogens is 2. The highest BCUT2D eigenvalue weighted by atomic mass is 19.1. The summed E-state index contributed by atoms with van der Waals surface area (Å²) in [5, 5.41) is 2.94. The van der Waals surface area contributed by atoms with E-state index in [0.717, 1.165) is 18.9 Å². The molecule has 0 aliphatic carbocycles. The standard InChI is InChI=1S/C14H20F2N2O/c1-8(2)4-5-9(3)18-13-6-10(14(17)19)11(15)7-12(13)16/h6-9,18H,4-5H2,1-3H3,(H2,17,19). The number of rotatable bonds is 6. The lowest BCUT2D eigenvalue weighted by atomic mass is 10.0. The number of carbonyl (C=O) groups is 1. The van der Waals surface area contributed by atoms with E-state index in [9.17, 15) is 13.6 Å². The normalized spacial score (nSPS) is 12.5. The molecule has 5 heteroatoms. The molecule has 0 saturated carbocycles. The van der Waals surface area contributed by atoms with Crippen molar-refractivity contribution in [2.45, 2.75) is 39.7 Å². The van der Waals surface area contributed by atoms with Gasteiger partial charge < -0.3 is 11.1 Å². The van der Waals surface area contributed by atoms with Crippen molar-refractivity contribution in [2.24, 2.45) is 11.7 Å². The number of benzene rings is 1. The Morgan fingerprint density at radius 1 is 1.21 bits per heavy atom. The molecule has 3 nitrogen and oxygen atoms in total. The zero-order valence-corrected chi connectivity index (χ0v) is 11.5. The third kappa shape index (κ3) is 4.50. The van der Waals surface area contributed by atoms with Crippen LogP contribution in [0.15, 0.2) is 12.1 Å². The van der Waals surface area contributed by atoms with Crippen LogP contribution in [0.4, 0.5) is 14.5 Å². The van der Waals surface area contributed by atoms with Crippen LogP contribution in [-0.2, 0) is 0 Å². The Bertz CT molecular complexity index is 461. The molecule has 1 aromatic rings. The summed E-state index contributed by atoms with van der Waals surface area (Å²) in [7, 11) is 0. The topological polar surface area (TPSA) is 55.1 Å². The van der Waals surface area contributed by atoms with Gasteiger partial charge >= 0.3 is 0 Å². The molecular formula is C14H20F2N2O. The van der Waals surface area contributed by atoms with Crippen LogP contribution in [-0.4, -0.2) is 11.9 Å². The van der Waals surface area contributed by atoms with Crippen LogP contribution in [0.2, 0.25) is 0 Å². The van der Waals surface area contributed by atoms with Crippen LogP contribution in [0.3, 0.4) is 0 Å². The fourth-order valence-electron chi connectivity index (χ4n) is 1.77. The Balaban J connectivity index is 2.83. The molecule has 1 unspecified atom stereocenters. The van der Waals surface area contributed by atoms with Gasteiger partial charge in [0.05, 0.1) is 11.3 Å². The smallest absolute Gasteiger partial charge is 0.251 e. The molecule has 0 bridgehead atoms. The number of hydrogen-bond donors (Lipinski definition) is 2. The molecule has 0 aliphatic rings. The molecule has 0 heterocycles. The van der Waals surface area contributed by atoms with Gasteiger partial charge in [-0.25, -0.2) is 8.78 Å². The van der Waals surface area contributed by atoms with Gasteiger partial charge in [0, 0.05) is 12.1 Å². The SMILES string of the molecule is CC(C)CCC(C)Nc1cc(C(N)=O)c(F)cc1F. The van der Waals surface area contributed by atoms with Gasteiger partial charge in [-0.15, -0.1) is 0 Å². The van der Waals surface area contributed by atoms with Gasteiger partial charge in [-0.1, -0.05) is 13.8 Å². The first kappa shape index (κ1) is 15.4. The Labute approximate surface area is 112 Å². The van der Waals surface area contributed by atoms with Crippen molar-refractivity contribution in [2.75, 3.05) is 5.32 Å². The quantitative estimate of drug-likeness (QED) is 0.833. The Morgan fingerprint density at radius 2 is 1.84 bits per heavy atom. The molecule has 0 aliphatic heterocycles. The summed E-state index contributed by atoms with van der Waals surface area (Å²) in [4.78, 5) is 11.0. The van der Waals surface area contributed by atoms with E-state index in [2.05, 4.69) is 19.2 Å². The fourth-order valence-corrected chi connectivity index (χ4v) is 1.77. The molecule has 0 radical (unpaired) electrons. The Morgan fingerprint density at radius 3 is 2.37 bits per heavy atom. The summed E-state index contributed by atoms with van der Waals surface area (Å²) in [5.74, 6) is -2.01. The highest BCUT2D eigenvalue weighted by Gasteiger charge is 2.15. The van der Waals surface area contributed by atoms with E-state index in [0.29, 0.717) is 12.0 Å². The Hall–Kier alpha value is -1.65. The summed E-state index contributed by atoms with van der Waals surface area (Å²) < 4.78 is 26.9. The second-order valence-corrected chi connectivity index (χ2v) is 5.19. The number of nitrogens with two attached hydrogens (primary N) is 1. The molecule has 0 spiro atoms. The highest BCUT2D eigenvalue weighted by Crippen LogP contribution is 2.21. The maximum absolute atomic E-state index is 13.6. The van der Waals surface area contributed by atoms with Crippen LogP contribution in [0.25, 0.3) is 0 Å². The lowest BCUT2D eigenvalue weighted by molar-refractivity contribution is 0.0996. The number of anilines is 1. The van der Waals surface area contributed by atoms with Gasteiger partial charge in [-0.2, -0.15) is 0 Å². The monoisotopic (exact) mass is 270 g/mol. The lowest BCUT2D eigenvalue weighted by Gasteiger charge is -2.17. The third-order valence-corrected chi connectivity index (χ3v) is 2.90. The first-order valence-electron chi connectivity index (χ1n) is 6.36. The minimum atomic E-state index is -0.939. The number of hydrogen-bond acceptors (Lipinski definition) is 2. The lowest BCUT2D eigenvalue weighted by Crippen LogP contribution is -2.19. The molecule has 0 saturated heterocycles. The van der Waals surface area contributed by atoms with E-state index in [4.69, 9.17) is 5.73 Å². The number of primary amides is 1. The van der Waals surface area contributed by atoms with Crippen LogP contribution < -0.4 is 11.1 Å². The summed E-state index contributed by atoms with van der Waals surface area (Å²) in [6, 6.07) is 1.83. The highest BCUT2D eigenvalue weighted by molar-refractivity contribution is 5.94. The van der Waals surface area contributed by atoms with Gasteiger partial charge in [0.1, 0.15) is 11.6 Å². The van der Waals surface area contributed by atoms with Gasteiger partial charge in [0.2, 0.25) is 0 Å². The van der Waals surface area contributed by atoms with E-state index in [1.807, 2.05) is 6.92 Å². The first-order valence-corrected chi connectivity index (χ1v) is 6.36. The van der Waals surface area contributed by atoms with E-state index in [-0.39, 0.29) is 17.3 Å². The van der Waals surface area contributed by atoms with Gasteiger partial charge in [0.15, 0.2) is 0 Å². The Kier molecular flexibility index (Phi) is 5.27. The third-order valence-electron chi connectivity index (χ3n) is 2.90. The van der Waals surface area contributed by atoms with Crippen molar-refractivity contribution < 1.29 is 13.6 Å². The molecule has 1 atom stereocenters. The summed E-state index contributed by atoms with van der Waals surface area (Å²) >= 11 is 0. The maximum atomic E-state index is 13.6. The van der Waals surface area contributed by atoms with Crippen LogP contribution in [0.1, 0.15) is 44.0 Å². The molecule has 1 rings (SSSR count). The van der Waals surface area contributed by atoms with E-state index in [1.54, 1.807) is 0 Å². The van der Waals surface area contributed by atoms with Crippen molar-refractivity contribution in [1.82, 2.24) is 0 Å². The summed E-state index contributed by atoms with van der Waals surface area (Å²) in [6.45, 7) is 6.13. The summed E-state index contributed by atoms with van der Waals surface area (Å²) in [5.41, 5.74) is 4.83. The van der Waals surface area contributed by atoms with Crippen molar-refractivity contribution in [3.8, 4) is 0 Å². The number of carbonyl (C=O) groups excluding carboxylic acids is 1. The van der Waals surface area contributed by atoms with Crippen molar-refractivity contribution in [3.05, 3.63) is 29.3 Å². The van der Waals surface area contributed by atoms with E-state index >= 15 is 0 Å². The molecule has 106 valence electrons. The zero-order chi connectivity index (χ0) is 14.6. The average molecular weight is 270 g/mol. The van der Waals surface area contributed by atoms with E-state index in [1.165, 1.54) is 0 Å². The molecule has 1 amide bonds. The van der Waals surface area contributed by atoms with Crippen LogP contribution in [0, 0.1) is 17.6 Å². The van der Waals surface area contributed by atoms with Crippen molar-refractivity contribution >= 4 is 11.6 Å². The van der Waals surface area contributed by atoms with E-state index < -0.39 is 17.5 Å². The predicted octanol–water partition coefficient (Wildman–Crippen LogP) is 3.30. The molecule has 3 N–H and O–H groups in total. The maximum Gasteiger partial charge on any atom is 0.251 e. The van der Waals surface area contributed by atoms with Crippen LogP contribution in [0.5, 0.6) is 0 Å². The molecule has 0 aromatic heterocycles. The zero-order valence-electron chi connectivity index (χ0n) is 11.5. The second kappa shape index (κ2) is 6.50. The fraction of sp³-hybridized carbons (Fsp3) is 0.500. The molecule has 0 fully saturated rings. The first-order chi connectivity index (χ1) is 8.81. The van der Waals surface area contributed by atoms with Crippen LogP contribution >= 0.6 is 0 Å². The number of nitrogens with one attached hydrogen (secondary N) is 1. The molecule has 19 heavy (non-hydrogen) atoms. The minimum absolute atomic E-state index is 0.0306. The minimum Gasteiger partial charge on any atom is -0.380 e. The van der Waals surface area contributed by atoms with Gasteiger partial charge in [-0.05, 0) is 31.7 Å². The number of amides is 1. The van der Waals surface area contributed by atoms with Gasteiger partial charge in [0.25, 0.3) is 5.91 Å². The van der Waals surface area contributed by atoms with Crippen molar-refractivity contribution in [3.63, 3.8) is 0 Å². The predicted molar refractivity (Wildman–Crippen MR) is 72.0 cm³/mol. The van der Waals surface area contributed by atoms with Gasteiger partial charge in [-0.3, -0.25) is 4.79 Å². The average Bonchev–Trinajstić information content (AvgIpc) is 2.29. The summed E-state index contributed by atoms with van der Waals surface area (Å²) in [6.07, 6.45) is 1.86. The van der Waals surface area contributed by atoms with Crippen molar-refractivity contribution in [1.29, 1.82) is 0 Å². The second-order valence-electron chi connectivity index (χ2n) is 5.19. The molecular weight excluding hydrogens is 250 g/mol. The molecule has 1 aromatic carbocycles. The largest absolute Gasteiger partial charge is 0.380 e.